The van der Waals surface area contributed by atoms with E-state index in [0.29, 0.717) is 28.7 Å². The molecule has 1 fully saturated rings. The van der Waals surface area contributed by atoms with Crippen molar-refractivity contribution in [1.82, 2.24) is 4.98 Å². The molecule has 4 aromatic rings. The van der Waals surface area contributed by atoms with E-state index in [2.05, 4.69) is 11.9 Å². The maximum Gasteiger partial charge on any atom is 0.346 e. The second kappa shape index (κ2) is 7.28. The fourth-order valence-corrected chi connectivity index (χ4v) is 5.25. The van der Waals surface area contributed by atoms with Gasteiger partial charge in [-0.15, -0.1) is 11.3 Å². The van der Waals surface area contributed by atoms with Gasteiger partial charge in [0.05, 0.1) is 33.9 Å². The molecule has 1 saturated heterocycles. The van der Waals surface area contributed by atoms with Gasteiger partial charge in [0.1, 0.15) is 17.3 Å². The number of benzene rings is 2. The second-order valence-corrected chi connectivity index (χ2v) is 8.93. The van der Waals surface area contributed by atoms with E-state index >= 15 is 0 Å². The molecule has 0 saturated carbocycles. The number of rotatable bonds is 3. The Labute approximate surface area is 172 Å². The Hall–Kier alpha value is -2.70. The standard InChI is InChI=1S/C23H22N2O3S/c1-14-6-4-5-11-25(14)13-17-19(26)10-9-15-12-16(23(27)28-21(15)17)22-24-18-7-2-3-8-20(18)29-22/h2-3,7-10,12,14,26H,4-6,11,13H2,1H3/p+1/t14-/m1/s1. The number of para-hydroxylation sites is 1. The molecule has 2 N–H and O–H groups in total. The van der Waals surface area contributed by atoms with Crippen molar-refractivity contribution in [3.8, 4) is 16.3 Å². The molecule has 0 bridgehead atoms. The number of quaternary nitrogens is 1. The van der Waals surface area contributed by atoms with Gasteiger partial charge in [-0.2, -0.15) is 0 Å². The Morgan fingerprint density at radius 1 is 1.24 bits per heavy atom. The number of phenols is 1. The lowest BCUT2D eigenvalue weighted by Gasteiger charge is -2.30. The van der Waals surface area contributed by atoms with Crippen LogP contribution in [-0.4, -0.2) is 22.7 Å². The maximum absolute atomic E-state index is 12.8. The largest absolute Gasteiger partial charge is 0.507 e. The van der Waals surface area contributed by atoms with E-state index in [1.165, 1.54) is 35.5 Å². The smallest absolute Gasteiger partial charge is 0.346 e. The number of likely N-dealkylation sites (tertiary alicyclic amines) is 1. The molecule has 6 heteroatoms. The fourth-order valence-electron chi connectivity index (χ4n) is 4.28. The van der Waals surface area contributed by atoms with Gasteiger partial charge in [-0.25, -0.2) is 9.78 Å². The second-order valence-electron chi connectivity index (χ2n) is 7.90. The van der Waals surface area contributed by atoms with E-state index < -0.39 is 5.63 Å². The van der Waals surface area contributed by atoms with Gasteiger partial charge in [0.25, 0.3) is 0 Å². The highest BCUT2D eigenvalue weighted by atomic mass is 32.1. The lowest BCUT2D eigenvalue weighted by molar-refractivity contribution is -0.941. The predicted molar refractivity (Wildman–Crippen MR) is 116 cm³/mol. The quantitative estimate of drug-likeness (QED) is 0.508. The van der Waals surface area contributed by atoms with E-state index in [-0.39, 0.29) is 5.75 Å². The summed E-state index contributed by atoms with van der Waals surface area (Å²) in [4.78, 5) is 18.9. The number of fused-ring (bicyclic) bond motifs is 2. The Kier molecular flexibility index (Phi) is 4.60. The molecular weight excluding hydrogens is 384 g/mol. The Balaban J connectivity index is 1.60. The molecule has 5 rings (SSSR count). The molecule has 2 aromatic heterocycles. The average molecular weight is 408 g/mol. The number of nitrogens with one attached hydrogen (secondary N) is 1. The third-order valence-electron chi connectivity index (χ3n) is 5.99. The van der Waals surface area contributed by atoms with E-state index in [4.69, 9.17) is 4.42 Å². The Morgan fingerprint density at radius 3 is 2.93 bits per heavy atom. The molecule has 0 spiro atoms. The number of piperidine rings is 1. The first-order chi connectivity index (χ1) is 14.1. The summed E-state index contributed by atoms with van der Waals surface area (Å²) in [7, 11) is 0. The number of aromatic nitrogens is 1. The number of phenolic OH excluding ortho intramolecular Hbond substituents is 1. The van der Waals surface area contributed by atoms with Crippen LogP contribution in [0.5, 0.6) is 5.75 Å². The summed E-state index contributed by atoms with van der Waals surface area (Å²) in [6, 6.07) is 13.7. The first kappa shape index (κ1) is 18.3. The monoisotopic (exact) mass is 407 g/mol. The van der Waals surface area contributed by atoms with Crippen LogP contribution >= 0.6 is 11.3 Å². The zero-order valence-corrected chi connectivity index (χ0v) is 17.1. The SMILES string of the molecule is C[C@@H]1CCCC[NH+]1Cc1c(O)ccc2cc(-c3nc4ccccc4s3)c(=O)oc12. The lowest BCUT2D eigenvalue weighted by atomic mass is 10.0. The summed E-state index contributed by atoms with van der Waals surface area (Å²) in [6.07, 6.45) is 3.64. The minimum Gasteiger partial charge on any atom is -0.507 e. The van der Waals surface area contributed by atoms with E-state index in [1.54, 1.807) is 6.07 Å². The van der Waals surface area contributed by atoms with Crippen molar-refractivity contribution in [2.45, 2.75) is 38.8 Å². The van der Waals surface area contributed by atoms with Crippen LogP contribution in [0.25, 0.3) is 31.8 Å². The molecule has 1 unspecified atom stereocenters. The highest BCUT2D eigenvalue weighted by Gasteiger charge is 2.25. The first-order valence-electron chi connectivity index (χ1n) is 10.1. The van der Waals surface area contributed by atoms with Gasteiger partial charge in [0.2, 0.25) is 0 Å². The van der Waals surface area contributed by atoms with Gasteiger partial charge in [-0.05, 0) is 56.5 Å². The number of aromatic hydroxyl groups is 1. The molecule has 3 heterocycles. The predicted octanol–water partition coefficient (Wildman–Crippen LogP) is 3.73. The summed E-state index contributed by atoms with van der Waals surface area (Å²) in [5.41, 5.74) is 2.14. The Morgan fingerprint density at radius 2 is 2.10 bits per heavy atom. The Bertz CT molecular complexity index is 1230. The highest BCUT2D eigenvalue weighted by molar-refractivity contribution is 7.21. The minimum atomic E-state index is -0.412. The first-order valence-corrected chi connectivity index (χ1v) is 10.9. The van der Waals surface area contributed by atoms with Crippen LogP contribution in [-0.2, 0) is 6.54 Å². The van der Waals surface area contributed by atoms with Crippen molar-refractivity contribution >= 4 is 32.5 Å². The molecular formula is C23H23N2O3S+. The van der Waals surface area contributed by atoms with Gasteiger partial charge in [0, 0.05) is 5.39 Å². The van der Waals surface area contributed by atoms with Gasteiger partial charge in [0.15, 0.2) is 5.58 Å². The molecule has 2 aromatic carbocycles. The fraction of sp³-hybridized carbons (Fsp3) is 0.304. The van der Waals surface area contributed by atoms with Crippen LogP contribution in [0.4, 0.5) is 0 Å². The van der Waals surface area contributed by atoms with E-state index in [0.717, 1.165) is 27.7 Å². The number of thiazole rings is 1. The van der Waals surface area contributed by atoms with Crippen LogP contribution in [0.15, 0.2) is 51.7 Å². The lowest BCUT2D eigenvalue weighted by Crippen LogP contribution is -3.14. The number of hydrogen-bond acceptors (Lipinski definition) is 5. The summed E-state index contributed by atoms with van der Waals surface area (Å²) < 4.78 is 6.81. The molecule has 148 valence electrons. The van der Waals surface area contributed by atoms with Gasteiger partial charge in [-0.1, -0.05) is 12.1 Å². The highest BCUT2D eigenvalue weighted by Crippen LogP contribution is 2.32. The normalized spacial score (nSPS) is 19.8. The van der Waals surface area contributed by atoms with E-state index in [9.17, 15) is 9.90 Å². The van der Waals surface area contributed by atoms with Crippen molar-refractivity contribution in [3.05, 3.63) is 58.4 Å². The molecule has 2 atom stereocenters. The molecule has 1 aliphatic heterocycles. The summed E-state index contributed by atoms with van der Waals surface area (Å²) in [6.45, 7) is 3.98. The van der Waals surface area contributed by atoms with Crippen LogP contribution in [0.2, 0.25) is 0 Å². The zero-order valence-electron chi connectivity index (χ0n) is 16.3. The minimum absolute atomic E-state index is 0.193. The van der Waals surface area contributed by atoms with Crippen LogP contribution in [0.1, 0.15) is 31.7 Å². The van der Waals surface area contributed by atoms with Gasteiger partial charge >= 0.3 is 5.63 Å². The van der Waals surface area contributed by atoms with Crippen molar-refractivity contribution in [2.75, 3.05) is 6.54 Å². The molecule has 0 amide bonds. The zero-order chi connectivity index (χ0) is 20.0. The van der Waals surface area contributed by atoms with Gasteiger partial charge < -0.3 is 14.4 Å². The van der Waals surface area contributed by atoms with Crippen molar-refractivity contribution < 1.29 is 14.4 Å². The average Bonchev–Trinajstić information content (AvgIpc) is 3.15. The molecule has 5 nitrogen and oxygen atoms in total. The molecule has 0 radical (unpaired) electrons. The summed E-state index contributed by atoms with van der Waals surface area (Å²) in [5.74, 6) is 0.193. The van der Waals surface area contributed by atoms with Crippen LogP contribution in [0, 0.1) is 0 Å². The van der Waals surface area contributed by atoms with E-state index in [1.807, 2.05) is 36.4 Å². The van der Waals surface area contributed by atoms with Crippen molar-refractivity contribution in [2.24, 2.45) is 0 Å². The van der Waals surface area contributed by atoms with Crippen LogP contribution < -0.4 is 10.5 Å². The maximum atomic E-state index is 12.8. The van der Waals surface area contributed by atoms with Crippen LogP contribution in [0.3, 0.4) is 0 Å². The van der Waals surface area contributed by atoms with Gasteiger partial charge in [-0.3, -0.25) is 0 Å². The summed E-state index contributed by atoms with van der Waals surface area (Å²) >= 11 is 1.48. The third-order valence-corrected chi connectivity index (χ3v) is 7.06. The number of nitrogens with zero attached hydrogens (tertiary/aromatic N) is 1. The topological polar surface area (TPSA) is 67.8 Å². The summed E-state index contributed by atoms with van der Waals surface area (Å²) in [5, 5.41) is 12.0. The number of hydrogen-bond donors (Lipinski definition) is 2. The third kappa shape index (κ3) is 3.32. The van der Waals surface area contributed by atoms with Crippen molar-refractivity contribution in [1.29, 1.82) is 0 Å². The van der Waals surface area contributed by atoms with Crippen molar-refractivity contribution in [3.63, 3.8) is 0 Å². The molecule has 29 heavy (non-hydrogen) atoms. The molecule has 1 aliphatic rings. The molecule has 0 aliphatic carbocycles.